The molecule has 0 aliphatic carbocycles. The van der Waals surface area contributed by atoms with E-state index in [1.165, 1.54) is 0 Å². The molecule has 1 aliphatic heterocycles. The molecule has 0 radical (unpaired) electrons. The van der Waals surface area contributed by atoms with Crippen LogP contribution in [0.5, 0.6) is 5.88 Å². The summed E-state index contributed by atoms with van der Waals surface area (Å²) >= 11 is 0. The molecule has 2 aromatic heterocycles. The quantitative estimate of drug-likeness (QED) is 0.639. The summed E-state index contributed by atoms with van der Waals surface area (Å²) in [7, 11) is 1.60. The van der Waals surface area contributed by atoms with Crippen LogP contribution in [-0.2, 0) is 4.74 Å². The second-order valence-corrected chi connectivity index (χ2v) is 6.32. The molecule has 0 atom stereocenters. The Bertz CT molecular complexity index is 795. The van der Waals surface area contributed by atoms with Crippen LogP contribution in [-0.4, -0.2) is 67.5 Å². The largest absolute Gasteiger partial charge is 0.481 e. The molecular formula is C20H27N5O3. The topological polar surface area (TPSA) is 92.1 Å². The van der Waals surface area contributed by atoms with Crippen molar-refractivity contribution in [3.63, 3.8) is 0 Å². The van der Waals surface area contributed by atoms with Crippen molar-refractivity contribution in [3.8, 4) is 17.1 Å². The van der Waals surface area contributed by atoms with Crippen LogP contribution < -0.4 is 15.0 Å². The van der Waals surface area contributed by atoms with Gasteiger partial charge in [-0.05, 0) is 25.5 Å². The van der Waals surface area contributed by atoms with Gasteiger partial charge in [0, 0.05) is 44.1 Å². The third kappa shape index (κ3) is 4.96. The number of aliphatic hydroxyl groups is 1. The lowest BCUT2D eigenvalue weighted by Crippen LogP contribution is -2.40. The van der Waals surface area contributed by atoms with Gasteiger partial charge in [0.25, 0.3) is 0 Å². The SMILES string of the molecule is CCOCCN1CC(=NCCCO)Nc2cnc(-c3ccc(OC)nc3)cc21. The lowest BCUT2D eigenvalue weighted by molar-refractivity contribution is 0.154. The molecule has 150 valence electrons. The summed E-state index contributed by atoms with van der Waals surface area (Å²) in [6, 6.07) is 5.83. The van der Waals surface area contributed by atoms with E-state index in [9.17, 15) is 0 Å². The maximum Gasteiger partial charge on any atom is 0.212 e. The van der Waals surface area contributed by atoms with Crippen LogP contribution >= 0.6 is 0 Å². The molecule has 2 N–H and O–H groups in total. The number of nitrogens with one attached hydrogen (secondary N) is 1. The van der Waals surface area contributed by atoms with E-state index >= 15 is 0 Å². The fourth-order valence-corrected chi connectivity index (χ4v) is 2.97. The minimum absolute atomic E-state index is 0.141. The van der Waals surface area contributed by atoms with Gasteiger partial charge in [-0.1, -0.05) is 0 Å². The van der Waals surface area contributed by atoms with Crippen molar-refractivity contribution in [2.24, 2.45) is 4.99 Å². The number of ether oxygens (including phenoxy) is 2. The Labute approximate surface area is 165 Å². The predicted molar refractivity (Wildman–Crippen MR) is 110 cm³/mol. The van der Waals surface area contributed by atoms with Crippen molar-refractivity contribution in [1.29, 1.82) is 0 Å². The zero-order chi connectivity index (χ0) is 19.8. The van der Waals surface area contributed by atoms with E-state index in [1.54, 1.807) is 13.3 Å². The normalized spacial score (nSPS) is 14.7. The number of pyridine rings is 2. The molecule has 8 heteroatoms. The number of amidine groups is 1. The standard InChI is InChI=1S/C20H27N5O3/c1-3-28-10-8-25-14-19(21-7-4-9-26)24-17-13-22-16(11-18(17)25)15-5-6-20(27-2)23-12-15/h5-6,11-13,26H,3-4,7-10,14H2,1-2H3,(H,21,24). The predicted octanol–water partition coefficient (Wildman–Crippen LogP) is 2.20. The Kier molecular flexibility index (Phi) is 7.16. The number of aliphatic imine (C=N–C) groups is 1. The molecule has 0 spiro atoms. The first-order valence-electron chi connectivity index (χ1n) is 9.49. The van der Waals surface area contributed by atoms with Crippen molar-refractivity contribution in [2.45, 2.75) is 13.3 Å². The average Bonchev–Trinajstić information content (AvgIpc) is 2.74. The van der Waals surface area contributed by atoms with E-state index in [-0.39, 0.29) is 6.61 Å². The molecule has 0 fully saturated rings. The number of anilines is 2. The van der Waals surface area contributed by atoms with E-state index in [1.807, 2.05) is 25.3 Å². The fourth-order valence-electron chi connectivity index (χ4n) is 2.97. The van der Waals surface area contributed by atoms with Gasteiger partial charge in [0.1, 0.15) is 5.84 Å². The van der Waals surface area contributed by atoms with Gasteiger partial charge in [-0.2, -0.15) is 0 Å². The molecule has 0 saturated carbocycles. The zero-order valence-electron chi connectivity index (χ0n) is 16.4. The van der Waals surface area contributed by atoms with Crippen molar-refractivity contribution >= 4 is 17.2 Å². The van der Waals surface area contributed by atoms with Gasteiger partial charge in [-0.15, -0.1) is 0 Å². The molecular weight excluding hydrogens is 358 g/mol. The number of rotatable bonds is 9. The second kappa shape index (κ2) is 10.0. The monoisotopic (exact) mass is 385 g/mol. The molecule has 0 bridgehead atoms. The highest BCUT2D eigenvalue weighted by Gasteiger charge is 2.22. The minimum Gasteiger partial charge on any atom is -0.481 e. The zero-order valence-corrected chi connectivity index (χ0v) is 16.4. The van der Waals surface area contributed by atoms with Crippen LogP contribution in [0.15, 0.2) is 35.6 Å². The van der Waals surface area contributed by atoms with Crippen molar-refractivity contribution in [2.75, 3.05) is 56.8 Å². The Morgan fingerprint density at radius 2 is 2.18 bits per heavy atom. The number of hydrogen-bond donors (Lipinski definition) is 2. The maximum absolute atomic E-state index is 8.98. The molecule has 3 heterocycles. The Morgan fingerprint density at radius 1 is 1.29 bits per heavy atom. The minimum atomic E-state index is 0.141. The number of hydrogen-bond acceptors (Lipinski definition) is 7. The van der Waals surface area contributed by atoms with Gasteiger partial charge < -0.3 is 24.8 Å². The highest BCUT2D eigenvalue weighted by Crippen LogP contribution is 2.32. The van der Waals surface area contributed by atoms with Crippen molar-refractivity contribution in [3.05, 3.63) is 30.6 Å². The summed E-state index contributed by atoms with van der Waals surface area (Å²) in [5, 5.41) is 12.3. The van der Waals surface area contributed by atoms with E-state index in [2.05, 4.69) is 31.2 Å². The lowest BCUT2D eigenvalue weighted by atomic mass is 10.1. The maximum atomic E-state index is 8.98. The first-order valence-corrected chi connectivity index (χ1v) is 9.49. The van der Waals surface area contributed by atoms with Gasteiger partial charge in [0.2, 0.25) is 5.88 Å². The summed E-state index contributed by atoms with van der Waals surface area (Å²) in [6.07, 6.45) is 4.23. The van der Waals surface area contributed by atoms with Gasteiger partial charge in [0.05, 0.1) is 43.5 Å². The van der Waals surface area contributed by atoms with Crippen LogP contribution in [0.25, 0.3) is 11.3 Å². The molecule has 1 aliphatic rings. The molecule has 3 rings (SSSR count). The summed E-state index contributed by atoms with van der Waals surface area (Å²) in [5.41, 5.74) is 3.74. The van der Waals surface area contributed by atoms with Crippen LogP contribution in [0.3, 0.4) is 0 Å². The lowest BCUT2D eigenvalue weighted by Gasteiger charge is -2.33. The van der Waals surface area contributed by atoms with E-state index in [0.29, 0.717) is 38.6 Å². The van der Waals surface area contributed by atoms with E-state index < -0.39 is 0 Å². The Hall–Kier alpha value is -2.71. The summed E-state index contributed by atoms with van der Waals surface area (Å²) in [5.74, 6) is 1.45. The molecule has 28 heavy (non-hydrogen) atoms. The van der Waals surface area contributed by atoms with Crippen LogP contribution in [0, 0.1) is 0 Å². The summed E-state index contributed by atoms with van der Waals surface area (Å²) in [6.45, 7) is 5.48. The number of aromatic nitrogens is 2. The first kappa shape index (κ1) is 20.0. The van der Waals surface area contributed by atoms with E-state index in [4.69, 9.17) is 14.6 Å². The van der Waals surface area contributed by atoms with Gasteiger partial charge in [-0.3, -0.25) is 9.98 Å². The number of nitrogens with zero attached hydrogens (tertiary/aromatic N) is 4. The third-order valence-electron chi connectivity index (χ3n) is 4.41. The Morgan fingerprint density at radius 3 is 2.89 bits per heavy atom. The first-order chi connectivity index (χ1) is 13.7. The third-order valence-corrected chi connectivity index (χ3v) is 4.41. The summed E-state index contributed by atoms with van der Waals surface area (Å²) < 4.78 is 10.7. The molecule has 8 nitrogen and oxygen atoms in total. The second-order valence-electron chi connectivity index (χ2n) is 6.32. The summed E-state index contributed by atoms with van der Waals surface area (Å²) in [4.78, 5) is 15.7. The van der Waals surface area contributed by atoms with E-state index in [0.717, 1.165) is 35.0 Å². The highest BCUT2D eigenvalue weighted by atomic mass is 16.5. The number of aliphatic hydroxyl groups excluding tert-OH is 1. The number of methoxy groups -OCH3 is 1. The highest BCUT2D eigenvalue weighted by molar-refractivity contribution is 6.04. The molecule has 0 aromatic carbocycles. The van der Waals surface area contributed by atoms with Gasteiger partial charge in [-0.25, -0.2) is 4.98 Å². The molecule has 2 aromatic rings. The average molecular weight is 385 g/mol. The van der Waals surface area contributed by atoms with Crippen LogP contribution in [0.4, 0.5) is 11.4 Å². The van der Waals surface area contributed by atoms with Gasteiger partial charge >= 0.3 is 0 Å². The fraction of sp³-hybridized carbons (Fsp3) is 0.450. The smallest absolute Gasteiger partial charge is 0.212 e. The Balaban J connectivity index is 1.86. The van der Waals surface area contributed by atoms with Crippen molar-refractivity contribution in [1.82, 2.24) is 9.97 Å². The van der Waals surface area contributed by atoms with Crippen LogP contribution in [0.2, 0.25) is 0 Å². The molecule has 0 saturated heterocycles. The number of fused-ring (bicyclic) bond motifs is 1. The van der Waals surface area contributed by atoms with Gasteiger partial charge in [0.15, 0.2) is 0 Å². The van der Waals surface area contributed by atoms with Crippen molar-refractivity contribution < 1.29 is 14.6 Å². The van der Waals surface area contributed by atoms with Crippen LogP contribution in [0.1, 0.15) is 13.3 Å². The molecule has 0 unspecified atom stereocenters. The molecule has 0 amide bonds.